The molecule has 3 rings (SSSR count). The summed E-state index contributed by atoms with van der Waals surface area (Å²) in [6, 6.07) is 9.77. The van der Waals surface area contributed by atoms with Gasteiger partial charge in [-0.1, -0.05) is 62.9 Å². The minimum atomic E-state index is -3.01. The van der Waals surface area contributed by atoms with Gasteiger partial charge in [-0.2, -0.15) is 4.99 Å². The van der Waals surface area contributed by atoms with E-state index in [2.05, 4.69) is 4.99 Å². The first-order valence-corrected chi connectivity index (χ1v) is 10.7. The highest BCUT2D eigenvalue weighted by Gasteiger charge is 2.48. The topological polar surface area (TPSA) is 66.8 Å². The standard InChI is InChI=1S/C17H22N2O3S2/c1-17(2,3)15(20)18-16-19(9-12-7-5-4-6-8-12)13-10-24(21,22)11-14(13)23-16/h4-8,13-14H,9-11H2,1-3H3. The average molecular weight is 367 g/mol. The molecule has 0 bridgehead atoms. The molecule has 0 saturated carbocycles. The summed E-state index contributed by atoms with van der Waals surface area (Å²) in [5, 5.41) is 0.619. The smallest absolute Gasteiger partial charge is 0.253 e. The molecule has 5 nitrogen and oxygen atoms in total. The zero-order valence-electron chi connectivity index (χ0n) is 14.1. The molecular weight excluding hydrogens is 344 g/mol. The van der Waals surface area contributed by atoms with E-state index >= 15 is 0 Å². The predicted molar refractivity (Wildman–Crippen MR) is 97.7 cm³/mol. The molecular formula is C17H22N2O3S2. The maximum Gasteiger partial charge on any atom is 0.253 e. The number of sulfone groups is 1. The van der Waals surface area contributed by atoms with Crippen molar-refractivity contribution in [3.8, 4) is 0 Å². The largest absolute Gasteiger partial charge is 0.342 e. The van der Waals surface area contributed by atoms with Gasteiger partial charge in [-0.15, -0.1) is 0 Å². The van der Waals surface area contributed by atoms with Crippen molar-refractivity contribution in [3.63, 3.8) is 0 Å². The molecule has 130 valence electrons. The summed E-state index contributed by atoms with van der Waals surface area (Å²) in [6.07, 6.45) is 0. The van der Waals surface area contributed by atoms with E-state index in [0.29, 0.717) is 11.7 Å². The van der Waals surface area contributed by atoms with Gasteiger partial charge in [-0.25, -0.2) is 8.42 Å². The fourth-order valence-corrected chi connectivity index (χ4v) is 6.80. The van der Waals surface area contributed by atoms with Crippen LogP contribution in [0.5, 0.6) is 0 Å². The molecule has 0 aromatic heterocycles. The van der Waals surface area contributed by atoms with Crippen LogP contribution in [-0.2, 0) is 21.2 Å². The summed E-state index contributed by atoms with van der Waals surface area (Å²) < 4.78 is 24.0. The zero-order valence-corrected chi connectivity index (χ0v) is 15.7. The van der Waals surface area contributed by atoms with E-state index < -0.39 is 15.3 Å². The number of carbonyl (C=O) groups excluding carboxylic acids is 1. The number of benzene rings is 1. The van der Waals surface area contributed by atoms with Crippen molar-refractivity contribution in [2.75, 3.05) is 11.5 Å². The van der Waals surface area contributed by atoms with Crippen molar-refractivity contribution in [1.29, 1.82) is 0 Å². The summed E-state index contributed by atoms with van der Waals surface area (Å²) in [5.74, 6) is 0.127. The van der Waals surface area contributed by atoms with Gasteiger partial charge in [0.05, 0.1) is 17.5 Å². The van der Waals surface area contributed by atoms with Crippen LogP contribution in [0.3, 0.4) is 0 Å². The molecule has 0 spiro atoms. The molecule has 2 saturated heterocycles. The highest BCUT2D eigenvalue weighted by Crippen LogP contribution is 2.39. The molecule has 2 aliphatic heterocycles. The van der Waals surface area contributed by atoms with Crippen LogP contribution in [0.15, 0.2) is 35.3 Å². The van der Waals surface area contributed by atoms with E-state index in [1.54, 1.807) is 0 Å². The van der Waals surface area contributed by atoms with Crippen LogP contribution in [-0.4, -0.2) is 47.2 Å². The van der Waals surface area contributed by atoms with Crippen LogP contribution in [0.2, 0.25) is 0 Å². The fraction of sp³-hybridized carbons (Fsp3) is 0.529. The SMILES string of the molecule is CC(C)(C)C(=O)N=C1SC2CS(=O)(=O)CC2N1Cc1ccccc1. The van der Waals surface area contributed by atoms with Gasteiger partial charge < -0.3 is 4.90 Å². The third-order valence-corrected chi connectivity index (χ3v) is 7.46. The zero-order chi connectivity index (χ0) is 17.5. The van der Waals surface area contributed by atoms with Gasteiger partial charge in [0.15, 0.2) is 15.0 Å². The van der Waals surface area contributed by atoms with Crippen LogP contribution < -0.4 is 0 Å². The Kier molecular flexibility index (Phi) is 4.51. The number of amidine groups is 1. The Hall–Kier alpha value is -1.34. The number of thioether (sulfide) groups is 1. The second kappa shape index (κ2) is 6.19. The molecule has 2 atom stereocenters. The molecule has 1 aromatic carbocycles. The van der Waals surface area contributed by atoms with Crippen LogP contribution in [0.1, 0.15) is 26.3 Å². The van der Waals surface area contributed by atoms with Crippen LogP contribution in [0, 0.1) is 5.41 Å². The van der Waals surface area contributed by atoms with Gasteiger partial charge in [-0.3, -0.25) is 4.79 Å². The average Bonchev–Trinajstić information content (AvgIpc) is 2.92. The summed E-state index contributed by atoms with van der Waals surface area (Å²) >= 11 is 1.43. The Morgan fingerprint density at radius 2 is 1.92 bits per heavy atom. The Bertz CT molecular complexity index is 767. The van der Waals surface area contributed by atoms with Crippen LogP contribution >= 0.6 is 11.8 Å². The van der Waals surface area contributed by atoms with E-state index in [9.17, 15) is 13.2 Å². The maximum absolute atomic E-state index is 12.3. The fourth-order valence-electron chi connectivity index (χ4n) is 2.86. The van der Waals surface area contributed by atoms with Gasteiger partial charge in [0.25, 0.3) is 5.91 Å². The summed E-state index contributed by atoms with van der Waals surface area (Å²) in [7, 11) is -3.01. The third kappa shape index (κ3) is 3.67. The van der Waals surface area contributed by atoms with E-state index in [-0.39, 0.29) is 28.7 Å². The molecule has 7 heteroatoms. The molecule has 0 radical (unpaired) electrons. The number of fused-ring (bicyclic) bond motifs is 1. The first-order valence-electron chi connectivity index (χ1n) is 7.96. The summed E-state index contributed by atoms with van der Waals surface area (Å²) in [4.78, 5) is 18.6. The predicted octanol–water partition coefficient (Wildman–Crippen LogP) is 2.33. The maximum atomic E-state index is 12.3. The van der Waals surface area contributed by atoms with Gasteiger partial charge in [-0.05, 0) is 5.56 Å². The Balaban J connectivity index is 1.91. The van der Waals surface area contributed by atoms with Crippen molar-refractivity contribution in [1.82, 2.24) is 4.90 Å². The van der Waals surface area contributed by atoms with E-state index in [1.165, 1.54) is 11.8 Å². The lowest BCUT2D eigenvalue weighted by atomic mass is 9.96. The van der Waals surface area contributed by atoms with Gasteiger partial charge in [0.1, 0.15) is 0 Å². The summed E-state index contributed by atoms with van der Waals surface area (Å²) in [6.45, 7) is 6.09. The number of carbonyl (C=O) groups is 1. The van der Waals surface area contributed by atoms with E-state index in [1.807, 2.05) is 56.0 Å². The first-order chi connectivity index (χ1) is 11.2. The van der Waals surface area contributed by atoms with Gasteiger partial charge in [0, 0.05) is 17.2 Å². The molecule has 1 amide bonds. The molecule has 0 N–H and O–H groups in total. The number of hydrogen-bond donors (Lipinski definition) is 0. The van der Waals surface area contributed by atoms with Crippen LogP contribution in [0.4, 0.5) is 0 Å². The minimum absolute atomic E-state index is 0.0368. The van der Waals surface area contributed by atoms with Crippen molar-refractivity contribution < 1.29 is 13.2 Å². The third-order valence-electron chi connectivity index (χ3n) is 4.21. The van der Waals surface area contributed by atoms with Crippen molar-refractivity contribution >= 4 is 32.7 Å². The molecule has 0 aliphatic carbocycles. The van der Waals surface area contributed by atoms with Crippen molar-refractivity contribution in [2.45, 2.75) is 38.6 Å². The molecule has 2 fully saturated rings. The minimum Gasteiger partial charge on any atom is -0.342 e. The lowest BCUT2D eigenvalue weighted by molar-refractivity contribution is -0.124. The van der Waals surface area contributed by atoms with E-state index in [4.69, 9.17) is 0 Å². The van der Waals surface area contributed by atoms with Gasteiger partial charge >= 0.3 is 0 Å². The Morgan fingerprint density at radius 1 is 1.25 bits per heavy atom. The number of aliphatic imine (C=N–C) groups is 1. The number of nitrogens with zero attached hydrogens (tertiary/aromatic N) is 2. The number of rotatable bonds is 2. The molecule has 24 heavy (non-hydrogen) atoms. The molecule has 2 aliphatic rings. The lowest BCUT2D eigenvalue weighted by Gasteiger charge is -2.25. The van der Waals surface area contributed by atoms with E-state index in [0.717, 1.165) is 5.56 Å². The Labute approximate surface area is 147 Å². The molecule has 2 heterocycles. The normalized spacial score (nSPS) is 27.5. The number of hydrogen-bond acceptors (Lipinski definition) is 4. The quantitative estimate of drug-likeness (QED) is 0.804. The van der Waals surface area contributed by atoms with Crippen molar-refractivity contribution in [3.05, 3.63) is 35.9 Å². The van der Waals surface area contributed by atoms with Crippen LogP contribution in [0.25, 0.3) is 0 Å². The highest BCUT2D eigenvalue weighted by molar-refractivity contribution is 8.15. The van der Waals surface area contributed by atoms with Crippen molar-refractivity contribution in [2.24, 2.45) is 10.4 Å². The Morgan fingerprint density at radius 3 is 2.54 bits per heavy atom. The monoisotopic (exact) mass is 366 g/mol. The van der Waals surface area contributed by atoms with Gasteiger partial charge in [0.2, 0.25) is 0 Å². The molecule has 2 unspecified atom stereocenters. The second-order valence-corrected chi connectivity index (χ2v) is 10.7. The highest BCUT2D eigenvalue weighted by atomic mass is 32.2. The first kappa shape index (κ1) is 17.5. The lowest BCUT2D eigenvalue weighted by Crippen LogP contribution is -2.37. The number of amides is 1. The second-order valence-electron chi connectivity index (χ2n) is 7.36. The summed E-state index contributed by atoms with van der Waals surface area (Å²) in [5.41, 5.74) is 0.536. The molecule has 1 aromatic rings.